The lowest BCUT2D eigenvalue weighted by atomic mass is 10.1. The molecule has 0 unspecified atom stereocenters. The molecule has 26 heavy (non-hydrogen) atoms. The molecule has 2 heterocycles. The number of piperidine rings is 1. The highest BCUT2D eigenvalue weighted by molar-refractivity contribution is 5.93. The van der Waals surface area contributed by atoms with Crippen molar-refractivity contribution in [1.29, 1.82) is 0 Å². The van der Waals surface area contributed by atoms with Gasteiger partial charge in [-0.3, -0.25) is 4.79 Å². The first-order chi connectivity index (χ1) is 12.5. The first kappa shape index (κ1) is 19.9. The van der Waals surface area contributed by atoms with Crippen LogP contribution in [0.2, 0.25) is 0 Å². The first-order valence-corrected chi connectivity index (χ1v) is 9.30. The van der Waals surface area contributed by atoms with Gasteiger partial charge in [-0.15, -0.1) is 0 Å². The lowest BCUT2D eigenvalue weighted by molar-refractivity contribution is 0.0859. The van der Waals surface area contributed by atoms with Crippen molar-refractivity contribution in [3.05, 3.63) is 18.0 Å². The molecule has 1 aromatic rings. The predicted molar refractivity (Wildman–Crippen MR) is 99.3 cm³/mol. The lowest BCUT2D eigenvalue weighted by Crippen LogP contribution is -2.46. The monoisotopic (exact) mass is 363 g/mol. The Labute approximate surface area is 154 Å². The van der Waals surface area contributed by atoms with Crippen LogP contribution < -0.4 is 10.2 Å². The van der Waals surface area contributed by atoms with Crippen molar-refractivity contribution in [2.24, 2.45) is 0 Å². The van der Waals surface area contributed by atoms with E-state index < -0.39 is 0 Å². The van der Waals surface area contributed by atoms with Crippen LogP contribution in [-0.2, 0) is 4.74 Å². The number of carbonyl (C=O) groups is 2. The highest BCUT2D eigenvalue weighted by Gasteiger charge is 2.25. The lowest BCUT2D eigenvalue weighted by Gasteiger charge is -2.31. The SMILES string of the molecule is CCCCN(C)c1ncc(C(=O)NC2CCN(C(=O)OCC)CC2)cn1. The maximum absolute atomic E-state index is 12.4. The van der Waals surface area contributed by atoms with Gasteiger partial charge in [-0.25, -0.2) is 14.8 Å². The molecular formula is C18H29N5O3. The summed E-state index contributed by atoms with van der Waals surface area (Å²) in [4.78, 5) is 36.3. The molecule has 1 saturated heterocycles. The van der Waals surface area contributed by atoms with Crippen molar-refractivity contribution >= 4 is 17.9 Å². The second-order valence-electron chi connectivity index (χ2n) is 6.48. The number of nitrogens with one attached hydrogen (secondary N) is 1. The Morgan fingerprint density at radius 2 is 1.92 bits per heavy atom. The molecule has 1 aliphatic heterocycles. The summed E-state index contributed by atoms with van der Waals surface area (Å²) in [6.45, 7) is 6.36. The third kappa shape index (κ3) is 5.57. The number of aromatic nitrogens is 2. The minimum atomic E-state index is -0.284. The van der Waals surface area contributed by atoms with Crippen LogP contribution in [0, 0.1) is 0 Å². The van der Waals surface area contributed by atoms with Gasteiger partial charge < -0.3 is 19.9 Å². The summed E-state index contributed by atoms with van der Waals surface area (Å²) in [5, 5.41) is 3.00. The molecule has 0 saturated carbocycles. The van der Waals surface area contributed by atoms with Crippen LogP contribution in [0.1, 0.15) is 49.9 Å². The van der Waals surface area contributed by atoms with Gasteiger partial charge in [-0.1, -0.05) is 13.3 Å². The Bertz CT molecular complexity index is 585. The summed E-state index contributed by atoms with van der Waals surface area (Å²) >= 11 is 0. The van der Waals surface area contributed by atoms with Crippen LogP contribution in [0.3, 0.4) is 0 Å². The van der Waals surface area contributed by atoms with Gasteiger partial charge in [0.2, 0.25) is 5.95 Å². The Morgan fingerprint density at radius 3 is 2.50 bits per heavy atom. The van der Waals surface area contributed by atoms with Gasteiger partial charge in [-0.05, 0) is 26.2 Å². The molecule has 2 rings (SSSR count). The van der Waals surface area contributed by atoms with E-state index in [0.717, 1.165) is 19.4 Å². The van der Waals surface area contributed by atoms with E-state index in [4.69, 9.17) is 4.74 Å². The van der Waals surface area contributed by atoms with Crippen molar-refractivity contribution in [3.63, 3.8) is 0 Å². The molecule has 2 amide bonds. The fourth-order valence-corrected chi connectivity index (χ4v) is 2.82. The number of anilines is 1. The van der Waals surface area contributed by atoms with E-state index in [9.17, 15) is 9.59 Å². The second kappa shape index (κ2) is 9.94. The van der Waals surface area contributed by atoms with E-state index in [0.29, 0.717) is 44.0 Å². The maximum Gasteiger partial charge on any atom is 0.409 e. The number of nitrogens with zero attached hydrogens (tertiary/aromatic N) is 4. The van der Waals surface area contributed by atoms with Crippen LogP contribution in [0.25, 0.3) is 0 Å². The molecule has 1 aromatic heterocycles. The topological polar surface area (TPSA) is 87.7 Å². The van der Waals surface area contributed by atoms with Crippen molar-refractivity contribution in [2.45, 2.75) is 45.6 Å². The molecule has 1 N–H and O–H groups in total. The number of hydrogen-bond donors (Lipinski definition) is 1. The number of ether oxygens (including phenoxy) is 1. The molecule has 1 fully saturated rings. The van der Waals surface area contributed by atoms with Gasteiger partial charge in [0.1, 0.15) is 0 Å². The van der Waals surface area contributed by atoms with Crippen molar-refractivity contribution in [1.82, 2.24) is 20.2 Å². The van der Waals surface area contributed by atoms with Crippen LogP contribution in [-0.4, -0.2) is 66.2 Å². The van der Waals surface area contributed by atoms with Crippen LogP contribution in [0.5, 0.6) is 0 Å². The molecule has 144 valence electrons. The minimum absolute atomic E-state index is 0.0417. The summed E-state index contributed by atoms with van der Waals surface area (Å²) in [6, 6.07) is 0.0417. The Hall–Kier alpha value is -2.38. The average Bonchev–Trinajstić information content (AvgIpc) is 2.67. The molecule has 0 radical (unpaired) electrons. The number of likely N-dealkylation sites (tertiary alicyclic amines) is 1. The van der Waals surface area contributed by atoms with Crippen LogP contribution in [0.15, 0.2) is 12.4 Å². The summed E-state index contributed by atoms with van der Waals surface area (Å²) in [5.74, 6) is 0.445. The summed E-state index contributed by atoms with van der Waals surface area (Å²) < 4.78 is 5.00. The molecule has 8 heteroatoms. The van der Waals surface area contributed by atoms with Gasteiger partial charge in [0, 0.05) is 45.1 Å². The Kier molecular flexibility index (Phi) is 7.62. The molecule has 8 nitrogen and oxygen atoms in total. The van der Waals surface area contributed by atoms with Crippen molar-refractivity contribution in [3.8, 4) is 0 Å². The predicted octanol–water partition coefficient (Wildman–Crippen LogP) is 2.06. The highest BCUT2D eigenvalue weighted by Crippen LogP contribution is 2.13. The zero-order valence-electron chi connectivity index (χ0n) is 15.9. The summed E-state index contributed by atoms with van der Waals surface area (Å²) in [5.41, 5.74) is 0.450. The largest absolute Gasteiger partial charge is 0.450 e. The molecule has 0 bridgehead atoms. The molecule has 1 aliphatic rings. The number of rotatable bonds is 7. The standard InChI is InChI=1S/C18H29N5O3/c1-4-6-9-22(3)17-19-12-14(13-20-17)16(24)21-15-7-10-23(11-8-15)18(25)26-5-2/h12-13,15H,4-11H2,1-3H3,(H,21,24). The normalized spacial score (nSPS) is 14.8. The molecular weight excluding hydrogens is 334 g/mol. The molecule has 0 aliphatic carbocycles. The third-order valence-corrected chi connectivity index (χ3v) is 4.45. The van der Waals surface area contributed by atoms with E-state index >= 15 is 0 Å². The van der Waals surface area contributed by atoms with Crippen molar-refractivity contribution < 1.29 is 14.3 Å². The molecule has 0 spiro atoms. The summed E-state index contributed by atoms with van der Waals surface area (Å²) in [6.07, 6.45) is 6.45. The molecule has 0 aromatic carbocycles. The first-order valence-electron chi connectivity index (χ1n) is 9.30. The number of amides is 2. The fraction of sp³-hybridized carbons (Fsp3) is 0.667. The van der Waals surface area contributed by atoms with Crippen LogP contribution >= 0.6 is 0 Å². The third-order valence-electron chi connectivity index (χ3n) is 4.45. The zero-order chi connectivity index (χ0) is 18.9. The van der Waals surface area contributed by atoms with E-state index in [-0.39, 0.29) is 18.0 Å². The quantitative estimate of drug-likeness (QED) is 0.798. The minimum Gasteiger partial charge on any atom is -0.450 e. The van der Waals surface area contributed by atoms with Gasteiger partial charge in [0.25, 0.3) is 5.91 Å². The summed E-state index contributed by atoms with van der Waals surface area (Å²) in [7, 11) is 1.95. The zero-order valence-corrected chi connectivity index (χ0v) is 15.9. The fourth-order valence-electron chi connectivity index (χ4n) is 2.82. The molecule has 0 atom stereocenters. The number of carbonyl (C=O) groups excluding carboxylic acids is 2. The number of hydrogen-bond acceptors (Lipinski definition) is 6. The maximum atomic E-state index is 12.4. The average molecular weight is 363 g/mol. The van der Waals surface area contributed by atoms with E-state index in [1.54, 1.807) is 24.2 Å². The Morgan fingerprint density at radius 1 is 1.27 bits per heavy atom. The van der Waals surface area contributed by atoms with Gasteiger partial charge in [0.05, 0.1) is 12.2 Å². The van der Waals surface area contributed by atoms with Gasteiger partial charge in [-0.2, -0.15) is 0 Å². The Balaban J connectivity index is 1.82. The second-order valence-corrected chi connectivity index (χ2v) is 6.48. The smallest absolute Gasteiger partial charge is 0.409 e. The number of unbranched alkanes of at least 4 members (excludes halogenated alkanes) is 1. The van der Waals surface area contributed by atoms with Gasteiger partial charge in [0.15, 0.2) is 0 Å². The van der Waals surface area contributed by atoms with E-state index in [2.05, 4.69) is 22.2 Å². The van der Waals surface area contributed by atoms with E-state index in [1.165, 1.54) is 0 Å². The van der Waals surface area contributed by atoms with Crippen molar-refractivity contribution in [2.75, 3.05) is 38.2 Å². The van der Waals surface area contributed by atoms with Gasteiger partial charge >= 0.3 is 6.09 Å². The highest BCUT2D eigenvalue weighted by atomic mass is 16.6. The van der Waals surface area contributed by atoms with E-state index in [1.807, 2.05) is 11.9 Å². The van der Waals surface area contributed by atoms with Crippen LogP contribution in [0.4, 0.5) is 10.7 Å².